The molecule has 1 N–H and O–H groups in total. The lowest BCUT2D eigenvalue weighted by Crippen LogP contribution is -2.08. The summed E-state index contributed by atoms with van der Waals surface area (Å²) in [6, 6.07) is 5.98. The first-order valence-electron chi connectivity index (χ1n) is 7.35. The van der Waals surface area contributed by atoms with E-state index in [1.807, 2.05) is 25.1 Å². The normalized spacial score (nSPS) is 13.3. The molecule has 0 unspecified atom stereocenters. The summed E-state index contributed by atoms with van der Waals surface area (Å²) < 4.78 is 0. The molecule has 0 saturated carbocycles. The molecule has 0 bridgehead atoms. The van der Waals surface area contributed by atoms with Crippen LogP contribution < -0.4 is 5.32 Å². The van der Waals surface area contributed by atoms with Crippen LogP contribution in [0.5, 0.6) is 0 Å². The number of anilines is 1. The van der Waals surface area contributed by atoms with Crippen molar-refractivity contribution in [3.8, 4) is 11.5 Å². The predicted octanol–water partition coefficient (Wildman–Crippen LogP) is 3.16. The molecular weight excluding hydrogens is 248 g/mol. The highest BCUT2D eigenvalue weighted by atomic mass is 15.0. The molecule has 0 radical (unpaired) electrons. The lowest BCUT2D eigenvalue weighted by molar-refractivity contribution is 0.899. The maximum atomic E-state index is 4.72. The summed E-state index contributed by atoms with van der Waals surface area (Å²) in [4.78, 5) is 14.0. The number of nitrogens with zero attached hydrogens (tertiary/aromatic N) is 3. The third-order valence-corrected chi connectivity index (χ3v) is 3.59. The van der Waals surface area contributed by atoms with Crippen molar-refractivity contribution in [2.75, 3.05) is 11.9 Å². The number of aromatic nitrogens is 3. The van der Waals surface area contributed by atoms with Crippen molar-refractivity contribution in [1.29, 1.82) is 0 Å². The Morgan fingerprint density at radius 2 is 2.05 bits per heavy atom. The molecule has 104 valence electrons. The summed E-state index contributed by atoms with van der Waals surface area (Å²) in [5.74, 6) is 1.75. The van der Waals surface area contributed by atoms with E-state index in [2.05, 4.69) is 17.2 Å². The Morgan fingerprint density at radius 1 is 1.15 bits per heavy atom. The lowest BCUT2D eigenvalue weighted by Gasteiger charge is -2.11. The van der Waals surface area contributed by atoms with Gasteiger partial charge >= 0.3 is 0 Å². The lowest BCUT2D eigenvalue weighted by atomic mass is 10.2. The summed E-state index contributed by atoms with van der Waals surface area (Å²) in [6.07, 6.45) is 4.41. The Morgan fingerprint density at radius 3 is 2.85 bits per heavy atom. The molecule has 2 heterocycles. The van der Waals surface area contributed by atoms with Gasteiger partial charge in [0.2, 0.25) is 0 Å². The SMILES string of the molecule is CCCNc1nc(-c2cccc(C)n2)nc2c1CCC2. The van der Waals surface area contributed by atoms with Gasteiger partial charge in [0.1, 0.15) is 11.5 Å². The molecule has 0 saturated heterocycles. The van der Waals surface area contributed by atoms with Crippen molar-refractivity contribution in [1.82, 2.24) is 15.0 Å². The molecule has 0 atom stereocenters. The zero-order chi connectivity index (χ0) is 13.9. The highest BCUT2D eigenvalue weighted by Gasteiger charge is 2.20. The van der Waals surface area contributed by atoms with Gasteiger partial charge < -0.3 is 5.32 Å². The predicted molar refractivity (Wildman–Crippen MR) is 80.8 cm³/mol. The van der Waals surface area contributed by atoms with E-state index in [9.17, 15) is 0 Å². The second kappa shape index (κ2) is 5.57. The van der Waals surface area contributed by atoms with Gasteiger partial charge in [0, 0.05) is 23.5 Å². The van der Waals surface area contributed by atoms with E-state index in [0.717, 1.165) is 48.8 Å². The average molecular weight is 268 g/mol. The van der Waals surface area contributed by atoms with Gasteiger partial charge in [-0.3, -0.25) is 0 Å². The highest BCUT2D eigenvalue weighted by molar-refractivity contribution is 5.58. The number of hydrogen-bond acceptors (Lipinski definition) is 4. The molecule has 0 amide bonds. The molecule has 4 heteroatoms. The Labute approximate surface area is 119 Å². The minimum Gasteiger partial charge on any atom is -0.370 e. The molecule has 3 rings (SSSR count). The number of nitrogens with one attached hydrogen (secondary N) is 1. The van der Waals surface area contributed by atoms with Gasteiger partial charge in [0.05, 0.1) is 0 Å². The van der Waals surface area contributed by atoms with E-state index >= 15 is 0 Å². The van der Waals surface area contributed by atoms with Crippen LogP contribution in [0.1, 0.15) is 36.7 Å². The zero-order valence-electron chi connectivity index (χ0n) is 12.1. The van der Waals surface area contributed by atoms with Crippen LogP contribution in [0.4, 0.5) is 5.82 Å². The Bertz CT molecular complexity index is 622. The number of fused-ring (bicyclic) bond motifs is 1. The fraction of sp³-hybridized carbons (Fsp3) is 0.438. The van der Waals surface area contributed by atoms with Crippen molar-refractivity contribution in [3.63, 3.8) is 0 Å². The largest absolute Gasteiger partial charge is 0.370 e. The third-order valence-electron chi connectivity index (χ3n) is 3.59. The second-order valence-corrected chi connectivity index (χ2v) is 5.27. The number of pyridine rings is 1. The quantitative estimate of drug-likeness (QED) is 0.925. The minimum atomic E-state index is 0.743. The Balaban J connectivity index is 2.04. The zero-order valence-corrected chi connectivity index (χ0v) is 12.1. The van der Waals surface area contributed by atoms with Crippen molar-refractivity contribution in [3.05, 3.63) is 35.2 Å². The summed E-state index contributed by atoms with van der Waals surface area (Å²) in [7, 11) is 0. The highest BCUT2D eigenvalue weighted by Crippen LogP contribution is 2.28. The van der Waals surface area contributed by atoms with Crippen LogP contribution in [0.3, 0.4) is 0 Å². The van der Waals surface area contributed by atoms with Crippen molar-refractivity contribution in [2.24, 2.45) is 0 Å². The van der Waals surface area contributed by atoms with Gasteiger partial charge in [0.15, 0.2) is 5.82 Å². The molecule has 4 nitrogen and oxygen atoms in total. The fourth-order valence-electron chi connectivity index (χ4n) is 2.60. The van der Waals surface area contributed by atoms with Gasteiger partial charge in [-0.1, -0.05) is 13.0 Å². The van der Waals surface area contributed by atoms with Crippen molar-refractivity contribution in [2.45, 2.75) is 39.5 Å². The molecule has 0 aromatic carbocycles. The van der Waals surface area contributed by atoms with Crippen LogP contribution >= 0.6 is 0 Å². The van der Waals surface area contributed by atoms with Crippen LogP contribution in [0.15, 0.2) is 18.2 Å². The van der Waals surface area contributed by atoms with Crippen LogP contribution in [-0.4, -0.2) is 21.5 Å². The molecule has 1 aliphatic rings. The van der Waals surface area contributed by atoms with E-state index in [1.54, 1.807) is 0 Å². The van der Waals surface area contributed by atoms with Crippen LogP contribution in [0, 0.1) is 6.92 Å². The summed E-state index contributed by atoms with van der Waals surface area (Å²) in [5, 5.41) is 3.44. The molecule has 2 aromatic rings. The van der Waals surface area contributed by atoms with Crippen molar-refractivity contribution < 1.29 is 0 Å². The van der Waals surface area contributed by atoms with Gasteiger partial charge in [-0.25, -0.2) is 15.0 Å². The summed E-state index contributed by atoms with van der Waals surface area (Å²) in [5.41, 5.74) is 4.35. The van der Waals surface area contributed by atoms with Crippen LogP contribution in [-0.2, 0) is 12.8 Å². The fourth-order valence-corrected chi connectivity index (χ4v) is 2.60. The van der Waals surface area contributed by atoms with Gasteiger partial charge in [-0.2, -0.15) is 0 Å². The molecule has 2 aromatic heterocycles. The average Bonchev–Trinajstić information content (AvgIpc) is 2.93. The monoisotopic (exact) mass is 268 g/mol. The first-order valence-corrected chi connectivity index (χ1v) is 7.35. The van der Waals surface area contributed by atoms with E-state index in [-0.39, 0.29) is 0 Å². The van der Waals surface area contributed by atoms with E-state index in [1.165, 1.54) is 17.7 Å². The summed E-state index contributed by atoms with van der Waals surface area (Å²) in [6.45, 7) is 5.11. The molecule has 0 aliphatic heterocycles. The van der Waals surface area contributed by atoms with E-state index in [0.29, 0.717) is 0 Å². The van der Waals surface area contributed by atoms with Gasteiger partial charge in [-0.05, 0) is 44.7 Å². The van der Waals surface area contributed by atoms with Crippen molar-refractivity contribution >= 4 is 5.82 Å². The molecule has 1 aliphatic carbocycles. The van der Waals surface area contributed by atoms with E-state index < -0.39 is 0 Å². The van der Waals surface area contributed by atoms with Crippen LogP contribution in [0.25, 0.3) is 11.5 Å². The first-order chi connectivity index (χ1) is 9.78. The molecule has 20 heavy (non-hydrogen) atoms. The number of hydrogen-bond donors (Lipinski definition) is 1. The minimum absolute atomic E-state index is 0.743. The maximum absolute atomic E-state index is 4.72. The Hall–Kier alpha value is -1.97. The van der Waals surface area contributed by atoms with Gasteiger partial charge in [-0.15, -0.1) is 0 Å². The second-order valence-electron chi connectivity index (χ2n) is 5.27. The first kappa shape index (κ1) is 13.0. The number of rotatable bonds is 4. The third kappa shape index (κ3) is 2.50. The summed E-state index contributed by atoms with van der Waals surface area (Å²) >= 11 is 0. The molecule has 0 fully saturated rings. The standard InChI is InChI=1S/C16H20N4/c1-3-10-17-15-12-7-5-8-13(12)19-16(20-15)14-9-4-6-11(2)18-14/h4,6,9H,3,5,7-8,10H2,1-2H3,(H,17,19,20). The van der Waals surface area contributed by atoms with Gasteiger partial charge in [0.25, 0.3) is 0 Å². The molecule has 0 spiro atoms. The smallest absolute Gasteiger partial charge is 0.180 e. The van der Waals surface area contributed by atoms with Crippen LogP contribution in [0.2, 0.25) is 0 Å². The maximum Gasteiger partial charge on any atom is 0.180 e. The molecular formula is C16H20N4. The van der Waals surface area contributed by atoms with E-state index in [4.69, 9.17) is 9.97 Å². The topological polar surface area (TPSA) is 50.7 Å². The Kier molecular flexibility index (Phi) is 3.63. The number of aryl methyl sites for hydroxylation is 2.